The summed E-state index contributed by atoms with van der Waals surface area (Å²) in [5.74, 6) is -1.18. The second-order valence-corrected chi connectivity index (χ2v) is 2.48. The topological polar surface area (TPSA) is 54.4 Å². The van der Waals surface area contributed by atoms with Crippen molar-refractivity contribution in [2.45, 2.75) is 26.7 Å². The van der Waals surface area contributed by atoms with Crippen molar-refractivity contribution >= 4 is 11.8 Å². The average Bonchev–Trinajstić information content (AvgIpc) is 1.82. The molecule has 1 atom stereocenters. The molecular weight excluding hydrogens is 132 g/mol. The van der Waals surface area contributed by atoms with Crippen molar-refractivity contribution in [3.63, 3.8) is 0 Å². The third-order valence-corrected chi connectivity index (χ3v) is 1.35. The molecule has 0 amide bonds. The van der Waals surface area contributed by atoms with Gasteiger partial charge in [0, 0.05) is 6.42 Å². The van der Waals surface area contributed by atoms with E-state index < -0.39 is 11.9 Å². The molecular formula is C7H12O3. The zero-order valence-corrected chi connectivity index (χ0v) is 6.26. The summed E-state index contributed by atoms with van der Waals surface area (Å²) >= 11 is 0. The smallest absolute Gasteiger partial charge is 0.306 e. The Kier molecular flexibility index (Phi) is 3.69. The lowest BCUT2D eigenvalue weighted by atomic mass is 10.0. The van der Waals surface area contributed by atoms with E-state index in [-0.39, 0.29) is 5.78 Å². The minimum atomic E-state index is -0.832. The fraction of sp³-hybridized carbons (Fsp3) is 0.714. The number of hydrogen-bond donors (Lipinski definition) is 1. The number of carboxylic acid groups (broad SMARTS) is 1. The van der Waals surface area contributed by atoms with Crippen molar-refractivity contribution in [2.24, 2.45) is 5.92 Å². The van der Waals surface area contributed by atoms with Crippen LogP contribution in [-0.2, 0) is 9.59 Å². The highest BCUT2D eigenvalue weighted by atomic mass is 16.4. The van der Waals surface area contributed by atoms with Gasteiger partial charge in [0.25, 0.3) is 0 Å². The van der Waals surface area contributed by atoms with Gasteiger partial charge in [-0.15, -0.1) is 0 Å². The van der Waals surface area contributed by atoms with Gasteiger partial charge in [-0.1, -0.05) is 6.92 Å². The Morgan fingerprint density at radius 1 is 1.50 bits per heavy atom. The largest absolute Gasteiger partial charge is 0.481 e. The van der Waals surface area contributed by atoms with Crippen molar-refractivity contribution in [1.82, 2.24) is 0 Å². The average molecular weight is 144 g/mol. The van der Waals surface area contributed by atoms with Gasteiger partial charge < -0.3 is 9.90 Å². The quantitative estimate of drug-likeness (QED) is 0.642. The van der Waals surface area contributed by atoms with E-state index in [1.54, 1.807) is 6.92 Å². The highest BCUT2D eigenvalue weighted by Gasteiger charge is 2.10. The normalized spacial score (nSPS) is 12.6. The predicted molar refractivity (Wildman–Crippen MR) is 36.7 cm³/mol. The van der Waals surface area contributed by atoms with Crippen molar-refractivity contribution in [3.05, 3.63) is 0 Å². The van der Waals surface area contributed by atoms with Crippen molar-refractivity contribution in [3.8, 4) is 0 Å². The maximum atomic E-state index is 10.4. The first-order chi connectivity index (χ1) is 4.54. The predicted octanol–water partition coefficient (Wildman–Crippen LogP) is 1.08. The van der Waals surface area contributed by atoms with Gasteiger partial charge in [0.05, 0.1) is 5.92 Å². The first-order valence-electron chi connectivity index (χ1n) is 3.26. The van der Waals surface area contributed by atoms with Crippen LogP contribution in [0, 0.1) is 5.92 Å². The monoisotopic (exact) mass is 144 g/mol. The standard InChI is InChI=1S/C7H12O3/c1-5(7(9)10)3-4-6(2)8/h5H,3-4H2,1-2H3,(H,9,10)/t5-/m0/s1. The Labute approximate surface area is 60.0 Å². The van der Waals surface area contributed by atoms with Crippen molar-refractivity contribution in [1.29, 1.82) is 0 Å². The van der Waals surface area contributed by atoms with E-state index in [0.717, 1.165) is 0 Å². The van der Waals surface area contributed by atoms with Gasteiger partial charge in [0.15, 0.2) is 0 Å². The number of Topliss-reactive ketones (excluding diaryl/α,β-unsaturated/α-hetero) is 1. The summed E-state index contributed by atoms with van der Waals surface area (Å²) in [6.07, 6.45) is 0.818. The number of carbonyl (C=O) groups is 2. The number of hydrogen-bond acceptors (Lipinski definition) is 2. The van der Waals surface area contributed by atoms with Crippen LogP contribution in [0.1, 0.15) is 26.7 Å². The first kappa shape index (κ1) is 9.14. The number of carbonyl (C=O) groups excluding carboxylic acids is 1. The Bertz CT molecular complexity index is 140. The van der Waals surface area contributed by atoms with E-state index in [1.165, 1.54) is 6.92 Å². The molecule has 0 saturated heterocycles. The lowest BCUT2D eigenvalue weighted by Gasteiger charge is -2.01. The van der Waals surface area contributed by atoms with E-state index in [2.05, 4.69) is 0 Å². The molecule has 0 aromatic rings. The fourth-order valence-electron chi connectivity index (χ4n) is 0.543. The van der Waals surface area contributed by atoms with Crippen LogP contribution < -0.4 is 0 Å². The van der Waals surface area contributed by atoms with Crippen LogP contribution in [0.4, 0.5) is 0 Å². The number of carboxylic acids is 1. The van der Waals surface area contributed by atoms with E-state index >= 15 is 0 Å². The molecule has 0 aromatic carbocycles. The minimum Gasteiger partial charge on any atom is -0.481 e. The van der Waals surface area contributed by atoms with Crippen LogP contribution in [0.2, 0.25) is 0 Å². The number of aliphatic carboxylic acids is 1. The number of ketones is 1. The Morgan fingerprint density at radius 2 is 2.00 bits per heavy atom. The van der Waals surface area contributed by atoms with Crippen LogP contribution >= 0.6 is 0 Å². The van der Waals surface area contributed by atoms with Gasteiger partial charge >= 0.3 is 5.97 Å². The van der Waals surface area contributed by atoms with Gasteiger partial charge in [-0.2, -0.15) is 0 Å². The molecule has 0 aliphatic rings. The fourth-order valence-corrected chi connectivity index (χ4v) is 0.543. The molecule has 3 nitrogen and oxygen atoms in total. The molecule has 1 N–H and O–H groups in total. The third-order valence-electron chi connectivity index (χ3n) is 1.35. The second kappa shape index (κ2) is 4.04. The zero-order valence-electron chi connectivity index (χ0n) is 6.26. The van der Waals surface area contributed by atoms with E-state index in [1.807, 2.05) is 0 Å². The maximum Gasteiger partial charge on any atom is 0.306 e. The lowest BCUT2D eigenvalue weighted by Crippen LogP contribution is -2.10. The van der Waals surface area contributed by atoms with Crippen LogP contribution in [0.5, 0.6) is 0 Å². The summed E-state index contributed by atoms with van der Waals surface area (Å²) in [5.41, 5.74) is 0. The molecule has 3 heteroatoms. The van der Waals surface area contributed by atoms with Gasteiger partial charge in [0.2, 0.25) is 0 Å². The molecule has 0 radical (unpaired) electrons. The molecule has 0 heterocycles. The van der Waals surface area contributed by atoms with E-state index in [9.17, 15) is 9.59 Å². The molecule has 0 aliphatic heterocycles. The Hall–Kier alpha value is -0.860. The van der Waals surface area contributed by atoms with E-state index in [4.69, 9.17) is 5.11 Å². The molecule has 58 valence electrons. The van der Waals surface area contributed by atoms with Gasteiger partial charge in [0.1, 0.15) is 5.78 Å². The highest BCUT2D eigenvalue weighted by molar-refractivity contribution is 5.76. The van der Waals surface area contributed by atoms with Gasteiger partial charge in [-0.25, -0.2) is 0 Å². The summed E-state index contributed by atoms with van der Waals surface area (Å²) in [6, 6.07) is 0. The molecule has 0 aliphatic carbocycles. The van der Waals surface area contributed by atoms with Gasteiger partial charge in [-0.05, 0) is 13.3 Å². The lowest BCUT2D eigenvalue weighted by molar-refractivity contribution is -0.141. The molecule has 0 bridgehead atoms. The second-order valence-electron chi connectivity index (χ2n) is 2.48. The van der Waals surface area contributed by atoms with Crippen molar-refractivity contribution in [2.75, 3.05) is 0 Å². The highest BCUT2D eigenvalue weighted by Crippen LogP contribution is 2.04. The maximum absolute atomic E-state index is 10.4. The summed E-state index contributed by atoms with van der Waals surface area (Å²) < 4.78 is 0. The molecule has 0 aromatic heterocycles. The first-order valence-corrected chi connectivity index (χ1v) is 3.26. The van der Waals surface area contributed by atoms with Crippen LogP contribution in [0.15, 0.2) is 0 Å². The van der Waals surface area contributed by atoms with Crippen molar-refractivity contribution < 1.29 is 14.7 Å². The molecule has 0 fully saturated rings. The summed E-state index contributed by atoms with van der Waals surface area (Å²) in [7, 11) is 0. The van der Waals surface area contributed by atoms with Crippen LogP contribution in [0.3, 0.4) is 0 Å². The molecule has 10 heavy (non-hydrogen) atoms. The van der Waals surface area contributed by atoms with E-state index in [0.29, 0.717) is 12.8 Å². The minimum absolute atomic E-state index is 0.0492. The molecule has 0 spiro atoms. The number of rotatable bonds is 4. The third kappa shape index (κ3) is 4.06. The summed E-state index contributed by atoms with van der Waals surface area (Å²) in [5, 5.41) is 8.38. The SMILES string of the molecule is CC(=O)CC[C@H](C)C(=O)O. The van der Waals surface area contributed by atoms with Crippen LogP contribution in [-0.4, -0.2) is 16.9 Å². The Morgan fingerprint density at radius 3 is 2.30 bits per heavy atom. The Balaban J connectivity index is 3.49. The van der Waals surface area contributed by atoms with Crippen LogP contribution in [0.25, 0.3) is 0 Å². The summed E-state index contributed by atoms with van der Waals surface area (Å²) in [6.45, 7) is 3.07. The zero-order chi connectivity index (χ0) is 8.15. The van der Waals surface area contributed by atoms with Gasteiger partial charge in [-0.3, -0.25) is 4.79 Å². The molecule has 0 unspecified atom stereocenters. The summed E-state index contributed by atoms with van der Waals surface area (Å²) in [4.78, 5) is 20.6. The molecule has 0 rings (SSSR count). The molecule has 0 saturated carbocycles.